The first kappa shape index (κ1) is 21.4. The lowest BCUT2D eigenvalue weighted by Gasteiger charge is -2.20. The number of rotatable bonds is 7. The van der Waals surface area contributed by atoms with Crippen LogP contribution in [-0.2, 0) is 9.59 Å². The van der Waals surface area contributed by atoms with Crippen molar-refractivity contribution < 1.29 is 28.2 Å². The Balaban J connectivity index is 2.08. The fraction of sp³-hybridized carbons (Fsp3) is 0.273. The number of aliphatic hydroxyl groups is 1. The molecule has 0 spiro atoms. The first-order chi connectivity index (χ1) is 14.2. The molecule has 8 heteroatoms. The standard InChI is InChI=1S/C22H22F2N2O4/c1-13(2)30-16-7-4-14(5-8-16)19-20(25(3)10-11-27)22(29)26(21(19)28)18-9-6-15(23)12-17(18)24/h4-9,12-13,27H,10-11H2,1-3H3. The van der Waals surface area contributed by atoms with Crippen molar-refractivity contribution >= 4 is 23.1 Å². The number of amides is 2. The van der Waals surface area contributed by atoms with Crippen molar-refractivity contribution in [3.63, 3.8) is 0 Å². The second-order valence-electron chi connectivity index (χ2n) is 7.10. The van der Waals surface area contributed by atoms with Gasteiger partial charge in [-0.15, -0.1) is 0 Å². The number of halogens is 2. The first-order valence-corrected chi connectivity index (χ1v) is 9.41. The summed E-state index contributed by atoms with van der Waals surface area (Å²) < 4.78 is 33.3. The number of likely N-dealkylation sites (N-methyl/N-ethyl adjacent to an activating group) is 1. The normalized spacial score (nSPS) is 14.2. The SMILES string of the molecule is CC(C)Oc1ccc(C2=C(N(C)CCO)C(=O)N(c3ccc(F)cc3F)C2=O)cc1. The summed E-state index contributed by atoms with van der Waals surface area (Å²) in [7, 11) is 1.55. The minimum Gasteiger partial charge on any atom is -0.491 e. The molecular weight excluding hydrogens is 394 g/mol. The highest BCUT2D eigenvalue weighted by atomic mass is 19.1. The topological polar surface area (TPSA) is 70.1 Å². The van der Waals surface area contributed by atoms with Crippen molar-refractivity contribution in [3.05, 3.63) is 65.4 Å². The van der Waals surface area contributed by atoms with Crippen LogP contribution < -0.4 is 9.64 Å². The van der Waals surface area contributed by atoms with Crippen LogP contribution in [0.2, 0.25) is 0 Å². The number of carbonyl (C=O) groups excluding carboxylic acids is 2. The van der Waals surface area contributed by atoms with Gasteiger partial charge >= 0.3 is 0 Å². The van der Waals surface area contributed by atoms with Crippen molar-refractivity contribution in [3.8, 4) is 5.75 Å². The molecule has 0 unspecified atom stereocenters. The van der Waals surface area contributed by atoms with E-state index in [0.717, 1.165) is 12.1 Å². The number of aliphatic hydroxyl groups excluding tert-OH is 1. The van der Waals surface area contributed by atoms with Crippen LogP contribution in [0.4, 0.5) is 14.5 Å². The Morgan fingerprint density at radius 2 is 1.73 bits per heavy atom. The number of nitrogens with zero attached hydrogens (tertiary/aromatic N) is 2. The van der Waals surface area contributed by atoms with E-state index < -0.39 is 23.4 Å². The summed E-state index contributed by atoms with van der Waals surface area (Å²) in [6, 6.07) is 9.25. The maximum Gasteiger partial charge on any atom is 0.282 e. The summed E-state index contributed by atoms with van der Waals surface area (Å²) in [6.45, 7) is 3.60. The van der Waals surface area contributed by atoms with E-state index in [2.05, 4.69) is 0 Å². The summed E-state index contributed by atoms with van der Waals surface area (Å²) in [5.41, 5.74) is 0.191. The van der Waals surface area contributed by atoms with Crippen LogP contribution in [0.25, 0.3) is 5.57 Å². The molecule has 1 heterocycles. The molecule has 3 rings (SSSR count). The number of imide groups is 1. The fourth-order valence-electron chi connectivity index (χ4n) is 3.25. The Labute approximate surface area is 173 Å². The maximum atomic E-state index is 14.4. The second-order valence-corrected chi connectivity index (χ2v) is 7.10. The van der Waals surface area contributed by atoms with Gasteiger partial charge in [-0.05, 0) is 43.7 Å². The van der Waals surface area contributed by atoms with Gasteiger partial charge in [-0.25, -0.2) is 13.7 Å². The molecule has 0 saturated carbocycles. The Bertz CT molecular complexity index is 1000. The Hall–Kier alpha value is -3.26. The molecule has 0 aliphatic carbocycles. The van der Waals surface area contributed by atoms with Gasteiger partial charge in [0, 0.05) is 19.7 Å². The quantitative estimate of drug-likeness (QED) is 0.703. The fourth-order valence-corrected chi connectivity index (χ4v) is 3.25. The van der Waals surface area contributed by atoms with Crippen molar-refractivity contribution in [2.24, 2.45) is 0 Å². The van der Waals surface area contributed by atoms with Crippen LogP contribution in [0.1, 0.15) is 19.4 Å². The molecule has 2 amide bonds. The minimum absolute atomic E-state index is 0.0234. The zero-order valence-corrected chi connectivity index (χ0v) is 16.9. The number of ether oxygens (including phenoxy) is 1. The molecule has 0 aromatic heterocycles. The number of anilines is 1. The summed E-state index contributed by atoms with van der Waals surface area (Å²) in [5.74, 6) is -2.73. The molecule has 0 fully saturated rings. The second kappa shape index (κ2) is 8.62. The Kier molecular flexibility index (Phi) is 6.17. The lowest BCUT2D eigenvalue weighted by atomic mass is 10.0. The van der Waals surface area contributed by atoms with Crippen molar-refractivity contribution in [1.82, 2.24) is 4.90 Å². The number of hydrogen-bond donors (Lipinski definition) is 1. The monoisotopic (exact) mass is 416 g/mol. The van der Waals surface area contributed by atoms with E-state index in [1.807, 2.05) is 13.8 Å². The zero-order valence-electron chi connectivity index (χ0n) is 16.9. The lowest BCUT2D eigenvalue weighted by molar-refractivity contribution is -0.120. The molecule has 1 N–H and O–H groups in total. The van der Waals surface area contributed by atoms with Gasteiger partial charge in [0.05, 0.1) is 24.0 Å². The van der Waals surface area contributed by atoms with Crippen molar-refractivity contribution in [1.29, 1.82) is 0 Å². The van der Waals surface area contributed by atoms with Gasteiger partial charge in [-0.2, -0.15) is 0 Å². The summed E-state index contributed by atoms with van der Waals surface area (Å²) >= 11 is 0. The predicted molar refractivity (Wildman–Crippen MR) is 108 cm³/mol. The molecule has 0 bridgehead atoms. The van der Waals surface area contributed by atoms with Gasteiger partial charge in [0.2, 0.25) is 0 Å². The van der Waals surface area contributed by atoms with E-state index in [4.69, 9.17) is 4.74 Å². The van der Waals surface area contributed by atoms with Crippen LogP contribution >= 0.6 is 0 Å². The first-order valence-electron chi connectivity index (χ1n) is 9.41. The van der Waals surface area contributed by atoms with Gasteiger partial charge in [-0.3, -0.25) is 9.59 Å². The maximum absolute atomic E-state index is 14.4. The van der Waals surface area contributed by atoms with Crippen LogP contribution in [0, 0.1) is 11.6 Å². The molecule has 0 saturated heterocycles. The summed E-state index contributed by atoms with van der Waals surface area (Å²) in [6.07, 6.45) is -0.0343. The molecule has 2 aromatic carbocycles. The third-order valence-electron chi connectivity index (χ3n) is 4.54. The number of carbonyl (C=O) groups is 2. The van der Waals surface area contributed by atoms with E-state index in [1.165, 1.54) is 4.90 Å². The molecule has 1 aliphatic heterocycles. The van der Waals surface area contributed by atoms with Crippen LogP contribution in [0.15, 0.2) is 48.2 Å². The van der Waals surface area contributed by atoms with Crippen LogP contribution in [0.5, 0.6) is 5.75 Å². The molecule has 6 nitrogen and oxygen atoms in total. The highest BCUT2D eigenvalue weighted by Crippen LogP contribution is 2.36. The number of benzene rings is 2. The third kappa shape index (κ3) is 4.04. The van der Waals surface area contributed by atoms with Gasteiger partial charge in [0.15, 0.2) is 0 Å². The van der Waals surface area contributed by atoms with E-state index in [9.17, 15) is 23.5 Å². The van der Waals surface area contributed by atoms with Crippen molar-refractivity contribution in [2.45, 2.75) is 20.0 Å². The zero-order chi connectivity index (χ0) is 22.0. The molecule has 158 valence electrons. The number of hydrogen-bond acceptors (Lipinski definition) is 5. The van der Waals surface area contributed by atoms with E-state index >= 15 is 0 Å². The Morgan fingerprint density at radius 3 is 2.30 bits per heavy atom. The van der Waals surface area contributed by atoms with Gasteiger partial charge < -0.3 is 14.7 Å². The summed E-state index contributed by atoms with van der Waals surface area (Å²) in [5, 5.41) is 9.29. The molecule has 30 heavy (non-hydrogen) atoms. The van der Waals surface area contributed by atoms with Gasteiger partial charge in [0.25, 0.3) is 11.8 Å². The third-order valence-corrected chi connectivity index (χ3v) is 4.54. The molecule has 0 radical (unpaired) electrons. The largest absolute Gasteiger partial charge is 0.491 e. The minimum atomic E-state index is -1.03. The van der Waals surface area contributed by atoms with E-state index in [-0.39, 0.29) is 36.2 Å². The van der Waals surface area contributed by atoms with Gasteiger partial charge in [0.1, 0.15) is 23.1 Å². The highest BCUT2D eigenvalue weighted by molar-refractivity contribution is 6.45. The predicted octanol–water partition coefficient (Wildman–Crippen LogP) is 2.96. The Morgan fingerprint density at radius 1 is 1.07 bits per heavy atom. The average Bonchev–Trinajstić information content (AvgIpc) is 2.93. The molecule has 1 aliphatic rings. The molecule has 2 aromatic rings. The average molecular weight is 416 g/mol. The van der Waals surface area contributed by atoms with Crippen LogP contribution in [0.3, 0.4) is 0 Å². The molecule has 0 atom stereocenters. The van der Waals surface area contributed by atoms with E-state index in [0.29, 0.717) is 22.3 Å². The van der Waals surface area contributed by atoms with Gasteiger partial charge in [-0.1, -0.05) is 12.1 Å². The van der Waals surface area contributed by atoms with E-state index in [1.54, 1.807) is 31.3 Å². The molecular formula is C22H22F2N2O4. The smallest absolute Gasteiger partial charge is 0.282 e. The lowest BCUT2D eigenvalue weighted by Crippen LogP contribution is -2.35. The van der Waals surface area contributed by atoms with Crippen molar-refractivity contribution in [2.75, 3.05) is 25.1 Å². The van der Waals surface area contributed by atoms with Crippen LogP contribution in [-0.4, -0.2) is 48.1 Å². The summed E-state index contributed by atoms with van der Waals surface area (Å²) in [4.78, 5) is 28.4. The highest BCUT2D eigenvalue weighted by Gasteiger charge is 2.42.